The van der Waals surface area contributed by atoms with Crippen LogP contribution in [0.15, 0.2) is 59.7 Å². The molecule has 1 fully saturated rings. The molecule has 0 spiro atoms. The maximum atomic E-state index is 13.4. The Morgan fingerprint density at radius 1 is 1.03 bits per heavy atom. The third kappa shape index (κ3) is 3.04. The molecule has 1 saturated carbocycles. The average molecular weight is 401 g/mol. The van der Waals surface area contributed by atoms with Crippen molar-refractivity contribution in [3.05, 3.63) is 76.6 Å². The average Bonchev–Trinajstić information content (AvgIpc) is 3.60. The van der Waals surface area contributed by atoms with E-state index in [-0.39, 0.29) is 11.5 Å². The van der Waals surface area contributed by atoms with Crippen molar-refractivity contribution < 1.29 is 15.3 Å². The van der Waals surface area contributed by atoms with Gasteiger partial charge in [-0.15, -0.1) is 0 Å². The summed E-state index contributed by atoms with van der Waals surface area (Å²) in [7, 11) is 0. The quantitative estimate of drug-likeness (QED) is 0.452. The monoisotopic (exact) mass is 401 g/mol. The minimum absolute atomic E-state index is 0.157. The van der Waals surface area contributed by atoms with E-state index < -0.39 is 17.2 Å². The Labute approximate surface area is 171 Å². The lowest BCUT2D eigenvalue weighted by atomic mass is 10.0. The number of phenolic OH excluding ortho intramolecular Hbond substituents is 3. The number of rotatable bonds is 4. The lowest BCUT2D eigenvalue weighted by Crippen LogP contribution is -2.25. The van der Waals surface area contributed by atoms with E-state index in [1.165, 1.54) is 12.1 Å². The van der Waals surface area contributed by atoms with Crippen LogP contribution in [0, 0.1) is 0 Å². The molecule has 1 aliphatic carbocycles. The van der Waals surface area contributed by atoms with Crippen molar-refractivity contribution in [2.24, 2.45) is 0 Å². The highest BCUT2D eigenvalue weighted by molar-refractivity contribution is 5.86. The molecule has 1 aliphatic rings. The Bertz CT molecular complexity index is 1330. The number of nitrogens with zero attached hydrogens (tertiary/aromatic N) is 3. The minimum Gasteiger partial charge on any atom is -0.504 e. The van der Waals surface area contributed by atoms with Gasteiger partial charge >= 0.3 is 0 Å². The van der Waals surface area contributed by atoms with Crippen LogP contribution in [0.3, 0.4) is 0 Å². The van der Waals surface area contributed by atoms with Crippen LogP contribution in [0.2, 0.25) is 0 Å². The molecule has 3 N–H and O–H groups in total. The second kappa shape index (κ2) is 6.88. The summed E-state index contributed by atoms with van der Waals surface area (Å²) < 4.78 is 1.70. The van der Waals surface area contributed by atoms with Gasteiger partial charge in [0.1, 0.15) is 5.82 Å². The predicted molar refractivity (Wildman–Crippen MR) is 112 cm³/mol. The molecule has 4 aromatic rings. The molecule has 0 aliphatic heterocycles. The second-order valence-corrected chi connectivity index (χ2v) is 7.56. The highest BCUT2D eigenvalue weighted by Gasteiger charge is 2.29. The number of fused-ring (bicyclic) bond motifs is 1. The maximum Gasteiger partial charge on any atom is 0.261 e. The van der Waals surface area contributed by atoms with E-state index in [0.717, 1.165) is 24.2 Å². The van der Waals surface area contributed by atoms with E-state index in [1.54, 1.807) is 35.2 Å². The van der Waals surface area contributed by atoms with Crippen LogP contribution in [-0.4, -0.2) is 29.9 Å². The third-order valence-corrected chi connectivity index (χ3v) is 5.43. The Kier molecular flexibility index (Phi) is 4.17. The first kappa shape index (κ1) is 18.2. The lowest BCUT2D eigenvalue weighted by molar-refractivity contribution is 0.369. The van der Waals surface area contributed by atoms with Crippen molar-refractivity contribution in [2.45, 2.75) is 25.3 Å². The fourth-order valence-corrected chi connectivity index (χ4v) is 3.69. The fourth-order valence-electron chi connectivity index (χ4n) is 3.69. The highest BCUT2D eigenvalue weighted by Crippen LogP contribution is 2.43. The van der Waals surface area contributed by atoms with Crippen molar-refractivity contribution >= 4 is 10.9 Å². The zero-order valence-corrected chi connectivity index (χ0v) is 16.0. The van der Waals surface area contributed by atoms with E-state index in [1.807, 2.05) is 12.1 Å². The Morgan fingerprint density at radius 2 is 1.87 bits per heavy atom. The van der Waals surface area contributed by atoms with E-state index >= 15 is 0 Å². The molecule has 7 nitrogen and oxygen atoms in total. The van der Waals surface area contributed by atoms with Gasteiger partial charge < -0.3 is 15.3 Å². The second-order valence-electron chi connectivity index (χ2n) is 7.56. The van der Waals surface area contributed by atoms with Crippen molar-refractivity contribution in [1.29, 1.82) is 0 Å². The van der Waals surface area contributed by atoms with Crippen LogP contribution in [0.4, 0.5) is 0 Å². The van der Waals surface area contributed by atoms with Crippen LogP contribution < -0.4 is 5.56 Å². The van der Waals surface area contributed by atoms with Crippen LogP contribution in [0.5, 0.6) is 17.2 Å². The number of pyridine rings is 1. The maximum absolute atomic E-state index is 13.4. The molecule has 2 aromatic carbocycles. The molecule has 2 aromatic heterocycles. The van der Waals surface area contributed by atoms with Gasteiger partial charge in [0.2, 0.25) is 5.75 Å². The molecule has 0 saturated heterocycles. The van der Waals surface area contributed by atoms with E-state index in [2.05, 4.69) is 4.98 Å². The summed E-state index contributed by atoms with van der Waals surface area (Å²) in [5, 5.41) is 30.1. The van der Waals surface area contributed by atoms with Gasteiger partial charge in [0, 0.05) is 23.9 Å². The van der Waals surface area contributed by atoms with E-state index in [9.17, 15) is 20.1 Å². The van der Waals surface area contributed by atoms with Crippen molar-refractivity contribution in [2.75, 3.05) is 0 Å². The number of aromatic nitrogens is 3. The summed E-state index contributed by atoms with van der Waals surface area (Å²) in [4.78, 5) is 22.3. The molecule has 0 bridgehead atoms. The zero-order chi connectivity index (χ0) is 20.8. The first-order valence-electron chi connectivity index (χ1n) is 9.70. The van der Waals surface area contributed by atoms with Crippen molar-refractivity contribution in [3.8, 4) is 28.4 Å². The first-order valence-corrected chi connectivity index (χ1v) is 9.70. The summed E-state index contributed by atoms with van der Waals surface area (Å²) in [6, 6.07) is 11.7. The third-order valence-electron chi connectivity index (χ3n) is 5.43. The van der Waals surface area contributed by atoms with Crippen molar-refractivity contribution in [1.82, 2.24) is 14.5 Å². The molecular weight excluding hydrogens is 382 g/mol. The minimum atomic E-state index is -0.594. The number of benzene rings is 2. The largest absolute Gasteiger partial charge is 0.504 e. The van der Waals surface area contributed by atoms with Gasteiger partial charge in [-0.3, -0.25) is 14.3 Å². The molecule has 30 heavy (non-hydrogen) atoms. The molecule has 0 unspecified atom stereocenters. The van der Waals surface area contributed by atoms with Gasteiger partial charge in [0.05, 0.1) is 17.4 Å². The number of aromatic hydroxyl groups is 3. The lowest BCUT2D eigenvalue weighted by Gasteiger charge is -2.14. The normalized spacial score (nSPS) is 13.6. The topological polar surface area (TPSA) is 108 Å². The summed E-state index contributed by atoms with van der Waals surface area (Å²) in [5.41, 5.74) is 2.21. The van der Waals surface area contributed by atoms with Crippen LogP contribution in [0.25, 0.3) is 22.0 Å². The zero-order valence-electron chi connectivity index (χ0n) is 16.0. The van der Waals surface area contributed by atoms with E-state index in [0.29, 0.717) is 28.6 Å². The Morgan fingerprint density at radius 3 is 2.60 bits per heavy atom. The smallest absolute Gasteiger partial charge is 0.261 e. The van der Waals surface area contributed by atoms with E-state index in [4.69, 9.17) is 4.98 Å². The van der Waals surface area contributed by atoms with Gasteiger partial charge in [-0.2, -0.15) is 0 Å². The Hall–Kier alpha value is -3.87. The fraction of sp³-hybridized carbons (Fsp3) is 0.174. The Balaban J connectivity index is 1.69. The van der Waals surface area contributed by atoms with Gasteiger partial charge in [0.15, 0.2) is 11.5 Å². The summed E-state index contributed by atoms with van der Waals surface area (Å²) >= 11 is 0. The van der Waals surface area contributed by atoms with Gasteiger partial charge in [0.25, 0.3) is 5.56 Å². The van der Waals surface area contributed by atoms with Crippen LogP contribution in [0.1, 0.15) is 30.1 Å². The van der Waals surface area contributed by atoms with Crippen LogP contribution in [-0.2, 0) is 6.54 Å². The molecule has 0 amide bonds. The SMILES string of the molecule is O=c1c2cc(-c3ccc(O)c(O)c3O)ccc2nc(C2CC2)n1Cc1cccnc1. The standard InChI is InChI=1S/C23H19N3O4/c27-19-8-6-16(20(28)21(19)29)15-5-7-18-17(10-15)23(30)26(22(25-18)14-3-4-14)12-13-2-1-9-24-11-13/h1-2,5-11,14,27-29H,3-4,12H2. The molecular formula is C23H19N3O4. The highest BCUT2D eigenvalue weighted by atomic mass is 16.3. The molecule has 2 heterocycles. The van der Waals surface area contributed by atoms with Gasteiger partial charge in [-0.1, -0.05) is 12.1 Å². The number of hydrogen-bond donors (Lipinski definition) is 3. The van der Waals surface area contributed by atoms with Gasteiger partial charge in [-0.25, -0.2) is 4.98 Å². The molecule has 0 atom stereocenters. The summed E-state index contributed by atoms with van der Waals surface area (Å²) in [6.45, 7) is 0.386. The summed E-state index contributed by atoms with van der Waals surface area (Å²) in [5.74, 6) is -0.367. The summed E-state index contributed by atoms with van der Waals surface area (Å²) in [6.07, 6.45) is 5.47. The number of hydrogen-bond acceptors (Lipinski definition) is 6. The van der Waals surface area contributed by atoms with Gasteiger partial charge in [-0.05, 0) is 54.3 Å². The molecule has 150 valence electrons. The molecule has 0 radical (unpaired) electrons. The van der Waals surface area contributed by atoms with Crippen molar-refractivity contribution in [3.63, 3.8) is 0 Å². The predicted octanol–water partition coefficient (Wildman–Crippen LogP) is 3.50. The van der Waals surface area contributed by atoms with Crippen LogP contribution >= 0.6 is 0 Å². The molecule has 5 rings (SSSR count). The number of phenols is 3. The molecule has 7 heteroatoms. The first-order chi connectivity index (χ1) is 14.5.